The maximum absolute atomic E-state index is 6.72. The first kappa shape index (κ1) is 23.9. The van der Waals surface area contributed by atoms with Crippen molar-refractivity contribution in [2.24, 2.45) is 18.9 Å². The van der Waals surface area contributed by atoms with E-state index in [0.717, 1.165) is 46.2 Å². The maximum atomic E-state index is 6.72. The van der Waals surface area contributed by atoms with Gasteiger partial charge >= 0.3 is 0 Å². The van der Waals surface area contributed by atoms with Gasteiger partial charge in [-0.1, -0.05) is 64.1 Å². The molecule has 6 rings (SSSR count). The Morgan fingerprint density at radius 1 is 0.865 bits per heavy atom. The molecule has 0 aliphatic heterocycles. The Morgan fingerprint density at radius 3 is 2.32 bits per heavy atom. The van der Waals surface area contributed by atoms with E-state index in [0.29, 0.717) is 11.8 Å². The van der Waals surface area contributed by atoms with Crippen LogP contribution in [0.3, 0.4) is 0 Å². The number of furan rings is 1. The molecule has 0 amide bonds. The van der Waals surface area contributed by atoms with E-state index in [1.54, 1.807) is 0 Å². The zero-order valence-corrected chi connectivity index (χ0v) is 23.1. The zero-order valence-electron chi connectivity index (χ0n) is 23.1. The number of hydrogen-bond acceptors (Lipinski definition) is 2. The number of hydrogen-bond donors (Lipinski definition) is 0. The van der Waals surface area contributed by atoms with Gasteiger partial charge in [0.15, 0.2) is 11.8 Å². The van der Waals surface area contributed by atoms with E-state index in [-0.39, 0.29) is 5.41 Å². The summed E-state index contributed by atoms with van der Waals surface area (Å²) < 4.78 is 8.90. The third-order valence-corrected chi connectivity index (χ3v) is 8.10. The largest absolute Gasteiger partial charge is 0.437 e. The van der Waals surface area contributed by atoms with Gasteiger partial charge < -0.3 is 4.42 Å². The van der Waals surface area contributed by atoms with Crippen molar-refractivity contribution in [3.05, 3.63) is 83.2 Å². The van der Waals surface area contributed by atoms with Gasteiger partial charge in [0.05, 0.1) is 11.3 Å². The van der Waals surface area contributed by atoms with E-state index in [1.807, 2.05) is 0 Å². The number of aromatic nitrogens is 2. The van der Waals surface area contributed by atoms with Crippen LogP contribution in [0.15, 0.2) is 65.2 Å². The Bertz CT molecular complexity index is 1660. The molecule has 2 aromatic carbocycles. The Labute approximate surface area is 220 Å². The van der Waals surface area contributed by atoms with E-state index >= 15 is 0 Å². The minimum absolute atomic E-state index is 0.0941. The van der Waals surface area contributed by atoms with E-state index < -0.39 is 0 Å². The lowest BCUT2D eigenvalue weighted by atomic mass is 9.69. The normalized spacial score (nSPS) is 14.2. The second kappa shape index (κ2) is 8.55. The van der Waals surface area contributed by atoms with Crippen LogP contribution in [0.25, 0.3) is 44.5 Å². The van der Waals surface area contributed by atoms with Gasteiger partial charge in [0.25, 0.3) is 0 Å². The molecule has 1 aliphatic carbocycles. The molecule has 1 aliphatic rings. The summed E-state index contributed by atoms with van der Waals surface area (Å²) in [5, 5.41) is 2.24. The first-order valence-electron chi connectivity index (χ1n) is 13.6. The summed E-state index contributed by atoms with van der Waals surface area (Å²) in [5.41, 5.74) is 11.6. The summed E-state index contributed by atoms with van der Waals surface area (Å²) in [4.78, 5) is 5.40. The van der Waals surface area contributed by atoms with Gasteiger partial charge in [-0.25, -0.2) is 9.55 Å². The highest BCUT2D eigenvalue weighted by Crippen LogP contribution is 2.55. The van der Waals surface area contributed by atoms with Gasteiger partial charge in [-0.05, 0) is 66.8 Å². The van der Waals surface area contributed by atoms with Crippen molar-refractivity contribution in [2.45, 2.75) is 59.8 Å². The molecular formula is C34H37N2O+. The SMILES string of the molecule is Cc1cc[n+](C)c(-c2c(C)ccc3c2oc2nc4c(cc23)-c2ccccc2C4(CC(C)C)CC(C)C)c1. The molecule has 0 bridgehead atoms. The van der Waals surface area contributed by atoms with E-state index in [4.69, 9.17) is 9.40 Å². The topological polar surface area (TPSA) is 29.9 Å². The predicted octanol–water partition coefficient (Wildman–Crippen LogP) is 8.45. The van der Waals surface area contributed by atoms with Gasteiger partial charge in [-0.3, -0.25) is 0 Å². The number of rotatable bonds is 5. The molecule has 0 atom stereocenters. The number of aryl methyl sites for hydroxylation is 3. The maximum Gasteiger partial charge on any atom is 0.227 e. The van der Waals surface area contributed by atoms with Gasteiger partial charge in [0, 0.05) is 33.9 Å². The van der Waals surface area contributed by atoms with Crippen LogP contribution in [-0.4, -0.2) is 4.98 Å². The Morgan fingerprint density at radius 2 is 1.59 bits per heavy atom. The van der Waals surface area contributed by atoms with Crippen molar-refractivity contribution in [1.82, 2.24) is 4.98 Å². The third-order valence-electron chi connectivity index (χ3n) is 8.10. The lowest BCUT2D eigenvalue weighted by molar-refractivity contribution is -0.660. The summed E-state index contributed by atoms with van der Waals surface area (Å²) in [5.74, 6) is 1.11. The molecule has 3 heteroatoms. The van der Waals surface area contributed by atoms with Gasteiger partial charge in [0.2, 0.25) is 11.4 Å². The highest BCUT2D eigenvalue weighted by molar-refractivity contribution is 6.10. The quantitative estimate of drug-likeness (QED) is 0.232. The number of pyridine rings is 2. The van der Waals surface area contributed by atoms with Crippen LogP contribution in [0.4, 0.5) is 0 Å². The fourth-order valence-electron chi connectivity index (χ4n) is 6.83. The smallest absolute Gasteiger partial charge is 0.227 e. The van der Waals surface area contributed by atoms with Crippen LogP contribution in [0, 0.1) is 25.7 Å². The molecule has 5 aromatic rings. The van der Waals surface area contributed by atoms with Crippen LogP contribution in [-0.2, 0) is 12.5 Å². The molecule has 0 fully saturated rings. The summed E-state index contributed by atoms with van der Waals surface area (Å²) >= 11 is 0. The van der Waals surface area contributed by atoms with Crippen molar-refractivity contribution in [3.8, 4) is 22.4 Å². The molecule has 0 unspecified atom stereocenters. The van der Waals surface area contributed by atoms with Gasteiger partial charge in [0.1, 0.15) is 7.05 Å². The predicted molar refractivity (Wildman–Crippen MR) is 153 cm³/mol. The first-order chi connectivity index (χ1) is 17.7. The number of benzene rings is 2. The van der Waals surface area contributed by atoms with E-state index in [9.17, 15) is 0 Å². The fraction of sp³-hybridized carbons (Fsp3) is 0.353. The number of fused-ring (bicyclic) bond motifs is 6. The van der Waals surface area contributed by atoms with Crippen LogP contribution in [0.1, 0.15) is 62.9 Å². The van der Waals surface area contributed by atoms with E-state index in [1.165, 1.54) is 33.5 Å². The van der Waals surface area contributed by atoms with Gasteiger partial charge in [-0.15, -0.1) is 0 Å². The van der Waals surface area contributed by atoms with Crippen LogP contribution in [0.2, 0.25) is 0 Å². The third kappa shape index (κ3) is 3.62. The average Bonchev–Trinajstić information content (AvgIpc) is 3.32. The molecule has 0 saturated heterocycles. The molecule has 37 heavy (non-hydrogen) atoms. The Hall–Kier alpha value is -3.46. The fourth-order valence-corrected chi connectivity index (χ4v) is 6.83. The minimum Gasteiger partial charge on any atom is -0.437 e. The summed E-state index contributed by atoms with van der Waals surface area (Å²) in [6, 6.07) is 20.2. The molecule has 188 valence electrons. The minimum atomic E-state index is -0.0941. The van der Waals surface area contributed by atoms with Crippen LogP contribution in [0.5, 0.6) is 0 Å². The summed E-state index contributed by atoms with van der Waals surface area (Å²) in [6.07, 6.45) is 4.29. The van der Waals surface area contributed by atoms with Crippen molar-refractivity contribution >= 4 is 22.1 Å². The molecule has 3 aromatic heterocycles. The van der Waals surface area contributed by atoms with Crippen molar-refractivity contribution in [1.29, 1.82) is 0 Å². The van der Waals surface area contributed by atoms with E-state index in [2.05, 4.69) is 114 Å². The Balaban J connectivity index is 1.68. The summed E-state index contributed by atoms with van der Waals surface area (Å²) in [6.45, 7) is 13.6. The monoisotopic (exact) mass is 489 g/mol. The second-order valence-electron chi connectivity index (χ2n) is 12.0. The highest BCUT2D eigenvalue weighted by atomic mass is 16.3. The Kier molecular flexibility index (Phi) is 5.52. The molecule has 0 radical (unpaired) electrons. The molecular weight excluding hydrogens is 452 g/mol. The second-order valence-corrected chi connectivity index (χ2v) is 12.0. The zero-order chi connectivity index (χ0) is 26.1. The van der Waals surface area contributed by atoms with Crippen molar-refractivity contribution in [2.75, 3.05) is 0 Å². The standard InChI is InChI=1S/C34H37N2O/c1-20(2)18-34(19-21(3)4)28-11-9-8-10-24(28)26-17-27-25-13-12-23(6)30(29-16-22(5)14-15-36(29)7)31(25)37-33(27)35-32(26)34/h8-17,20-21H,18-19H2,1-7H3/q+1. The lowest BCUT2D eigenvalue weighted by Gasteiger charge is -2.34. The lowest BCUT2D eigenvalue weighted by Crippen LogP contribution is -2.30. The number of nitrogens with zero attached hydrogens (tertiary/aromatic N) is 2. The molecule has 0 N–H and O–H groups in total. The molecule has 0 spiro atoms. The van der Waals surface area contributed by atoms with Gasteiger partial charge in [-0.2, -0.15) is 0 Å². The highest BCUT2D eigenvalue weighted by Gasteiger charge is 2.45. The van der Waals surface area contributed by atoms with Crippen molar-refractivity contribution in [3.63, 3.8) is 0 Å². The van der Waals surface area contributed by atoms with Crippen LogP contribution >= 0.6 is 0 Å². The molecule has 3 nitrogen and oxygen atoms in total. The molecule has 0 saturated carbocycles. The van der Waals surface area contributed by atoms with Crippen molar-refractivity contribution < 1.29 is 8.98 Å². The average molecular weight is 490 g/mol. The van der Waals surface area contributed by atoms with Crippen LogP contribution < -0.4 is 4.57 Å². The molecule has 3 heterocycles. The summed E-state index contributed by atoms with van der Waals surface area (Å²) in [7, 11) is 2.10. The first-order valence-corrected chi connectivity index (χ1v) is 13.6.